The Kier molecular flexibility index (Phi) is 10.0. The molecule has 2 fully saturated rings. The number of halogens is 6. The number of alkyl halides is 4. The van der Waals surface area contributed by atoms with E-state index in [1.165, 1.54) is 57.4 Å². The van der Waals surface area contributed by atoms with Crippen LogP contribution in [0.3, 0.4) is 0 Å². The second-order valence-electron chi connectivity index (χ2n) is 12.2. The van der Waals surface area contributed by atoms with Crippen molar-refractivity contribution >= 4 is 43.1 Å². The van der Waals surface area contributed by atoms with Crippen molar-refractivity contribution in [1.82, 2.24) is 19.9 Å². The molecule has 0 bridgehead atoms. The van der Waals surface area contributed by atoms with Gasteiger partial charge in [-0.25, -0.2) is 13.2 Å². The third kappa shape index (κ3) is 6.74. The lowest BCUT2D eigenvalue weighted by Gasteiger charge is -2.18. The van der Waals surface area contributed by atoms with Crippen molar-refractivity contribution in [2.45, 2.75) is 56.9 Å². The number of nitrogen functional groups attached to an aromatic ring is 1. The molecule has 3 aromatic heterocycles. The predicted molar refractivity (Wildman–Crippen MR) is 181 cm³/mol. The maximum absolute atomic E-state index is 15.8. The van der Waals surface area contributed by atoms with Crippen molar-refractivity contribution in [3.63, 3.8) is 0 Å². The molecule has 0 amide bonds. The topological polar surface area (TPSA) is 113 Å². The van der Waals surface area contributed by atoms with Gasteiger partial charge in [0.15, 0.2) is 5.82 Å². The number of rotatable bonds is 3. The number of aromatic nitrogens is 3. The molecule has 2 aliphatic heterocycles. The number of nitrogens with zero attached hydrogens (tertiary/aromatic N) is 5. The average molecular weight is 714 g/mol. The minimum atomic E-state index is -5.00. The van der Waals surface area contributed by atoms with E-state index >= 15 is 4.39 Å². The molecule has 0 radical (unpaired) electrons. The molecule has 8 rings (SSSR count). The first-order chi connectivity index (χ1) is 23.9. The number of methoxy groups -OCH3 is 1. The SMILES string of the molecule is CNc1nc(OC)nc2c(F)c(-c3ccc(F)c4sc(N)c(C#N)c34)c(C(F)(F)F)cc12.FC1CC2CCCN2C1.c1cc2c(cn1)CCC2. The summed E-state index contributed by atoms with van der Waals surface area (Å²) < 4.78 is 89.8. The molecule has 8 nitrogen and oxygen atoms in total. The Morgan fingerprint density at radius 1 is 1.12 bits per heavy atom. The van der Waals surface area contributed by atoms with Crippen molar-refractivity contribution in [2.75, 3.05) is 38.3 Å². The van der Waals surface area contributed by atoms with E-state index in [1.807, 2.05) is 12.4 Å². The van der Waals surface area contributed by atoms with E-state index in [2.05, 4.69) is 31.2 Å². The van der Waals surface area contributed by atoms with Gasteiger partial charge >= 0.3 is 12.2 Å². The standard InChI is InChI=1S/C20H12F5N5OS.C8H9N.C7H12FN/c1-28-18-8-5-10(20(23,24)25)13(14(22)15(8)29-19(30-18)31-2)7-3-4-11(21)16-12(7)9(6-26)17(27)32-16;1-2-7-4-5-9-6-8(7)3-1;8-6-4-7-2-1-3-9(7)5-6/h3-5H,27H2,1-2H3,(H,28,29,30);4-6H,1-3H2;6-7H,1-5H2. The van der Waals surface area contributed by atoms with E-state index in [4.69, 9.17) is 10.5 Å². The Bertz CT molecular complexity index is 2060. The molecular weight excluding hydrogens is 680 g/mol. The summed E-state index contributed by atoms with van der Waals surface area (Å²) in [7, 11) is 2.62. The zero-order chi connectivity index (χ0) is 35.7. The first kappa shape index (κ1) is 35.2. The van der Waals surface area contributed by atoms with Crippen LogP contribution in [0.5, 0.6) is 6.01 Å². The van der Waals surface area contributed by atoms with Crippen molar-refractivity contribution < 1.29 is 31.1 Å². The summed E-state index contributed by atoms with van der Waals surface area (Å²) in [6.07, 6.45) is 5.51. The maximum Gasteiger partial charge on any atom is 0.417 e. The van der Waals surface area contributed by atoms with Crippen LogP contribution in [-0.2, 0) is 19.0 Å². The Hall–Kier alpha value is -4.68. The quantitative estimate of drug-likeness (QED) is 0.181. The molecule has 2 aromatic carbocycles. The van der Waals surface area contributed by atoms with Gasteiger partial charge in [0.25, 0.3) is 0 Å². The molecule has 2 atom stereocenters. The van der Waals surface area contributed by atoms with Crippen LogP contribution in [0.25, 0.3) is 32.1 Å². The highest BCUT2D eigenvalue weighted by Gasteiger charge is 2.38. The van der Waals surface area contributed by atoms with Gasteiger partial charge in [-0.2, -0.15) is 28.4 Å². The van der Waals surface area contributed by atoms with Crippen LogP contribution in [0, 0.1) is 23.0 Å². The Labute approximate surface area is 287 Å². The summed E-state index contributed by atoms with van der Waals surface area (Å²) in [6, 6.07) is 6.83. The number of aryl methyl sites for hydroxylation is 2. The molecule has 2 unspecified atom stereocenters. The third-order valence-corrected chi connectivity index (χ3v) is 10.2. The van der Waals surface area contributed by atoms with E-state index in [0.717, 1.165) is 25.1 Å². The van der Waals surface area contributed by atoms with Gasteiger partial charge in [0, 0.05) is 48.4 Å². The first-order valence-corrected chi connectivity index (χ1v) is 16.8. The highest BCUT2D eigenvalue weighted by atomic mass is 32.1. The van der Waals surface area contributed by atoms with Gasteiger partial charge in [0.05, 0.1) is 22.9 Å². The summed E-state index contributed by atoms with van der Waals surface area (Å²) in [4.78, 5) is 14.1. The average Bonchev–Trinajstić information content (AvgIpc) is 3.89. The van der Waals surface area contributed by atoms with Crippen LogP contribution in [0.2, 0.25) is 0 Å². The van der Waals surface area contributed by atoms with Gasteiger partial charge < -0.3 is 15.8 Å². The summed E-state index contributed by atoms with van der Waals surface area (Å²) in [5.74, 6) is -2.20. The number of benzene rings is 2. The normalized spacial score (nSPS) is 18.1. The molecule has 3 N–H and O–H groups in total. The van der Waals surface area contributed by atoms with E-state index in [9.17, 15) is 27.2 Å². The summed E-state index contributed by atoms with van der Waals surface area (Å²) >= 11 is 0.695. The molecular formula is C35H33F6N7OS. The zero-order valence-corrected chi connectivity index (χ0v) is 28.0. The Morgan fingerprint density at radius 2 is 1.90 bits per heavy atom. The van der Waals surface area contributed by atoms with Crippen LogP contribution < -0.4 is 15.8 Å². The first-order valence-electron chi connectivity index (χ1n) is 16.0. The molecule has 5 heterocycles. The van der Waals surface area contributed by atoms with Crippen molar-refractivity contribution in [3.8, 4) is 23.2 Å². The van der Waals surface area contributed by atoms with Gasteiger partial charge in [-0.1, -0.05) is 6.07 Å². The lowest BCUT2D eigenvalue weighted by molar-refractivity contribution is -0.137. The minimum Gasteiger partial charge on any atom is -0.467 e. The Morgan fingerprint density at radius 3 is 2.58 bits per heavy atom. The fraction of sp³-hybridized carbons (Fsp3) is 0.371. The van der Waals surface area contributed by atoms with Crippen molar-refractivity contribution in [2.24, 2.45) is 0 Å². The molecule has 1 aliphatic carbocycles. The number of thiophene rings is 1. The van der Waals surface area contributed by atoms with Crippen molar-refractivity contribution in [3.05, 3.63) is 70.5 Å². The Balaban J connectivity index is 0.000000191. The fourth-order valence-electron chi connectivity index (χ4n) is 6.90. The number of nitrogens with one attached hydrogen (secondary N) is 1. The lowest BCUT2D eigenvalue weighted by Crippen LogP contribution is -2.22. The van der Waals surface area contributed by atoms with Gasteiger partial charge in [0.1, 0.15) is 34.4 Å². The number of nitriles is 1. The smallest absolute Gasteiger partial charge is 0.417 e. The maximum atomic E-state index is 15.8. The molecule has 0 saturated carbocycles. The van der Waals surface area contributed by atoms with Crippen molar-refractivity contribution in [1.29, 1.82) is 5.26 Å². The number of hydrogen-bond acceptors (Lipinski definition) is 9. The third-order valence-electron chi connectivity index (χ3n) is 9.19. The summed E-state index contributed by atoms with van der Waals surface area (Å²) in [6.45, 7) is 1.86. The predicted octanol–water partition coefficient (Wildman–Crippen LogP) is 8.08. The number of pyridine rings is 1. The van der Waals surface area contributed by atoms with Gasteiger partial charge in [-0.15, -0.1) is 11.3 Å². The molecule has 5 aromatic rings. The van der Waals surface area contributed by atoms with E-state index in [0.29, 0.717) is 30.0 Å². The second-order valence-corrected chi connectivity index (χ2v) is 13.2. The number of nitrogens with two attached hydrogens (primary N) is 1. The van der Waals surface area contributed by atoms with Gasteiger partial charge in [-0.05, 0) is 80.0 Å². The number of anilines is 2. The molecule has 262 valence electrons. The van der Waals surface area contributed by atoms with E-state index in [1.54, 1.807) is 6.07 Å². The van der Waals surface area contributed by atoms with E-state index < -0.39 is 40.6 Å². The number of ether oxygens (including phenoxy) is 1. The van der Waals surface area contributed by atoms with E-state index in [-0.39, 0.29) is 43.4 Å². The highest BCUT2D eigenvalue weighted by Crippen LogP contribution is 2.47. The fourth-order valence-corrected chi connectivity index (χ4v) is 7.85. The van der Waals surface area contributed by atoms with Crippen LogP contribution in [0.4, 0.5) is 37.2 Å². The van der Waals surface area contributed by atoms with Gasteiger partial charge in [0.2, 0.25) is 0 Å². The van der Waals surface area contributed by atoms with Crippen LogP contribution in [0.1, 0.15) is 47.9 Å². The number of hydrogen-bond donors (Lipinski definition) is 2. The van der Waals surface area contributed by atoms with Crippen LogP contribution >= 0.6 is 11.3 Å². The van der Waals surface area contributed by atoms with Crippen LogP contribution in [-0.4, -0.2) is 59.3 Å². The molecule has 2 saturated heterocycles. The van der Waals surface area contributed by atoms with Gasteiger partial charge in [-0.3, -0.25) is 9.88 Å². The van der Waals surface area contributed by atoms with Crippen LogP contribution in [0.15, 0.2) is 36.7 Å². The second kappa shape index (κ2) is 14.3. The highest BCUT2D eigenvalue weighted by molar-refractivity contribution is 7.23. The lowest BCUT2D eigenvalue weighted by atomic mass is 9.92. The largest absolute Gasteiger partial charge is 0.467 e. The number of fused-ring (bicyclic) bond motifs is 4. The molecule has 15 heteroatoms. The zero-order valence-electron chi connectivity index (χ0n) is 27.2. The summed E-state index contributed by atoms with van der Waals surface area (Å²) in [5, 5.41) is 11.5. The molecule has 3 aliphatic rings. The minimum absolute atomic E-state index is 0.0791. The molecule has 50 heavy (non-hydrogen) atoms. The molecule has 0 spiro atoms. The monoisotopic (exact) mass is 713 g/mol. The summed E-state index contributed by atoms with van der Waals surface area (Å²) in [5.41, 5.74) is 5.51.